The van der Waals surface area contributed by atoms with Crippen molar-refractivity contribution in [2.75, 3.05) is 13.1 Å². The Hall–Kier alpha value is -0.450. The van der Waals surface area contributed by atoms with Crippen LogP contribution in [0.4, 0.5) is 0 Å². The Kier molecular flexibility index (Phi) is 3.22. The number of nitrogens with zero attached hydrogens (tertiary/aromatic N) is 2. The first-order valence-electron chi connectivity index (χ1n) is 6.26. The lowest BCUT2D eigenvalue weighted by atomic mass is 9.97. The van der Waals surface area contributed by atoms with Crippen LogP contribution in [-0.4, -0.2) is 35.1 Å². The molecule has 2 saturated heterocycles. The first kappa shape index (κ1) is 10.7. The Balaban J connectivity index is 1.49. The van der Waals surface area contributed by atoms with Crippen molar-refractivity contribution in [3.05, 3.63) is 16.6 Å². The number of fused-ring (bicyclic) bond motifs is 1. The zero-order valence-electron chi connectivity index (χ0n) is 9.56. The SMILES string of the molecule is c1nc(CNC2CCN3CCCC3C2)cs1. The Morgan fingerprint density at radius 1 is 1.44 bits per heavy atom. The monoisotopic (exact) mass is 237 g/mol. The summed E-state index contributed by atoms with van der Waals surface area (Å²) in [6, 6.07) is 1.57. The van der Waals surface area contributed by atoms with Crippen molar-refractivity contribution in [2.24, 2.45) is 0 Å². The molecule has 1 aromatic rings. The summed E-state index contributed by atoms with van der Waals surface area (Å²) in [4.78, 5) is 6.98. The van der Waals surface area contributed by atoms with Gasteiger partial charge in [-0.3, -0.25) is 0 Å². The minimum absolute atomic E-state index is 0.709. The molecule has 88 valence electrons. The van der Waals surface area contributed by atoms with Crippen LogP contribution in [-0.2, 0) is 6.54 Å². The smallest absolute Gasteiger partial charge is 0.0795 e. The predicted octanol–water partition coefficient (Wildman–Crippen LogP) is 1.86. The average Bonchev–Trinajstić information content (AvgIpc) is 2.97. The van der Waals surface area contributed by atoms with E-state index in [2.05, 4.69) is 20.6 Å². The topological polar surface area (TPSA) is 28.2 Å². The summed E-state index contributed by atoms with van der Waals surface area (Å²) >= 11 is 1.68. The van der Waals surface area contributed by atoms with Gasteiger partial charge < -0.3 is 10.2 Å². The molecule has 2 aliphatic rings. The van der Waals surface area contributed by atoms with Gasteiger partial charge in [-0.1, -0.05) is 0 Å². The molecule has 4 heteroatoms. The maximum Gasteiger partial charge on any atom is 0.0795 e. The van der Waals surface area contributed by atoms with Gasteiger partial charge in [0.1, 0.15) is 0 Å². The number of piperidine rings is 1. The highest BCUT2D eigenvalue weighted by atomic mass is 32.1. The lowest BCUT2D eigenvalue weighted by Crippen LogP contribution is -2.45. The molecule has 0 aliphatic carbocycles. The molecule has 0 radical (unpaired) electrons. The molecule has 3 rings (SSSR count). The van der Waals surface area contributed by atoms with Crippen LogP contribution >= 0.6 is 11.3 Å². The van der Waals surface area contributed by atoms with Crippen molar-refractivity contribution in [2.45, 2.75) is 44.3 Å². The van der Waals surface area contributed by atoms with E-state index in [9.17, 15) is 0 Å². The van der Waals surface area contributed by atoms with Crippen LogP contribution in [0, 0.1) is 0 Å². The number of aromatic nitrogens is 1. The van der Waals surface area contributed by atoms with E-state index in [4.69, 9.17) is 0 Å². The molecule has 1 aromatic heterocycles. The van der Waals surface area contributed by atoms with Gasteiger partial charge in [-0.2, -0.15) is 0 Å². The predicted molar refractivity (Wildman–Crippen MR) is 66.6 cm³/mol. The van der Waals surface area contributed by atoms with Gasteiger partial charge in [-0.15, -0.1) is 11.3 Å². The molecular weight excluding hydrogens is 218 g/mol. The number of hydrogen-bond acceptors (Lipinski definition) is 4. The molecule has 2 atom stereocenters. The third-order valence-corrected chi connectivity index (χ3v) is 4.51. The van der Waals surface area contributed by atoms with E-state index in [-0.39, 0.29) is 0 Å². The molecule has 2 unspecified atom stereocenters. The zero-order chi connectivity index (χ0) is 10.8. The number of rotatable bonds is 3. The van der Waals surface area contributed by atoms with E-state index in [1.165, 1.54) is 44.5 Å². The van der Waals surface area contributed by atoms with Crippen molar-refractivity contribution < 1.29 is 0 Å². The fraction of sp³-hybridized carbons (Fsp3) is 0.750. The van der Waals surface area contributed by atoms with Gasteiger partial charge in [0.15, 0.2) is 0 Å². The van der Waals surface area contributed by atoms with Crippen LogP contribution in [0.15, 0.2) is 10.9 Å². The molecule has 3 heterocycles. The summed E-state index contributed by atoms with van der Waals surface area (Å²) in [6.45, 7) is 3.57. The molecule has 2 aliphatic heterocycles. The van der Waals surface area contributed by atoms with Crippen molar-refractivity contribution in [3.8, 4) is 0 Å². The minimum Gasteiger partial charge on any atom is -0.308 e. The minimum atomic E-state index is 0.709. The molecule has 0 aromatic carbocycles. The second kappa shape index (κ2) is 4.82. The number of thiazole rings is 1. The Labute approximate surface area is 101 Å². The summed E-state index contributed by atoms with van der Waals surface area (Å²) < 4.78 is 0. The Bertz CT molecular complexity index is 325. The van der Waals surface area contributed by atoms with Gasteiger partial charge in [-0.25, -0.2) is 4.98 Å². The fourth-order valence-electron chi connectivity index (χ4n) is 2.98. The molecule has 16 heavy (non-hydrogen) atoms. The van der Waals surface area contributed by atoms with Crippen molar-refractivity contribution in [3.63, 3.8) is 0 Å². The van der Waals surface area contributed by atoms with Gasteiger partial charge in [-0.05, 0) is 38.8 Å². The quantitative estimate of drug-likeness (QED) is 0.870. The molecule has 0 saturated carbocycles. The van der Waals surface area contributed by atoms with E-state index in [1.54, 1.807) is 11.3 Å². The maximum absolute atomic E-state index is 4.31. The third kappa shape index (κ3) is 2.29. The number of nitrogens with one attached hydrogen (secondary N) is 1. The van der Waals surface area contributed by atoms with Crippen LogP contribution in [0.5, 0.6) is 0 Å². The molecule has 3 nitrogen and oxygen atoms in total. The Morgan fingerprint density at radius 3 is 3.31 bits per heavy atom. The molecule has 0 spiro atoms. The van der Waals surface area contributed by atoms with Gasteiger partial charge >= 0.3 is 0 Å². The van der Waals surface area contributed by atoms with E-state index in [0.717, 1.165) is 12.6 Å². The van der Waals surface area contributed by atoms with Crippen molar-refractivity contribution in [1.82, 2.24) is 15.2 Å². The van der Waals surface area contributed by atoms with E-state index >= 15 is 0 Å². The zero-order valence-corrected chi connectivity index (χ0v) is 10.4. The summed E-state index contributed by atoms with van der Waals surface area (Å²) in [5.74, 6) is 0. The number of hydrogen-bond donors (Lipinski definition) is 1. The highest BCUT2D eigenvalue weighted by Gasteiger charge is 2.31. The summed E-state index contributed by atoms with van der Waals surface area (Å²) in [5.41, 5.74) is 3.11. The second-order valence-electron chi connectivity index (χ2n) is 4.91. The van der Waals surface area contributed by atoms with Gasteiger partial charge in [0.2, 0.25) is 0 Å². The van der Waals surface area contributed by atoms with Crippen LogP contribution in [0.2, 0.25) is 0 Å². The van der Waals surface area contributed by atoms with Gasteiger partial charge in [0, 0.05) is 24.0 Å². The van der Waals surface area contributed by atoms with Crippen LogP contribution in [0.1, 0.15) is 31.4 Å². The van der Waals surface area contributed by atoms with E-state index < -0.39 is 0 Å². The standard InChI is InChI=1S/C12H19N3S/c1-2-12-6-10(3-5-15(12)4-1)13-7-11-8-16-9-14-11/h8-10,12-13H,1-7H2. The average molecular weight is 237 g/mol. The van der Waals surface area contributed by atoms with Crippen LogP contribution in [0.25, 0.3) is 0 Å². The van der Waals surface area contributed by atoms with Crippen LogP contribution < -0.4 is 5.32 Å². The third-order valence-electron chi connectivity index (χ3n) is 3.88. The van der Waals surface area contributed by atoms with Gasteiger partial charge in [0.05, 0.1) is 11.2 Å². The van der Waals surface area contributed by atoms with E-state index in [1.807, 2.05) is 5.51 Å². The first-order chi connectivity index (χ1) is 7.92. The summed E-state index contributed by atoms with van der Waals surface area (Å²) in [5, 5.41) is 5.79. The lowest BCUT2D eigenvalue weighted by Gasteiger charge is -2.35. The summed E-state index contributed by atoms with van der Waals surface area (Å²) in [6.07, 6.45) is 5.46. The second-order valence-corrected chi connectivity index (χ2v) is 5.63. The first-order valence-corrected chi connectivity index (χ1v) is 7.20. The van der Waals surface area contributed by atoms with Crippen LogP contribution in [0.3, 0.4) is 0 Å². The highest BCUT2D eigenvalue weighted by Crippen LogP contribution is 2.26. The molecule has 0 bridgehead atoms. The Morgan fingerprint density at radius 2 is 2.44 bits per heavy atom. The highest BCUT2D eigenvalue weighted by molar-refractivity contribution is 7.07. The largest absolute Gasteiger partial charge is 0.308 e. The normalized spacial score (nSPS) is 30.5. The van der Waals surface area contributed by atoms with Gasteiger partial charge in [0.25, 0.3) is 0 Å². The fourth-order valence-corrected chi connectivity index (χ4v) is 3.54. The van der Waals surface area contributed by atoms with Crippen molar-refractivity contribution in [1.29, 1.82) is 0 Å². The molecule has 0 amide bonds. The molecule has 2 fully saturated rings. The lowest BCUT2D eigenvalue weighted by molar-refractivity contribution is 0.166. The molecule has 1 N–H and O–H groups in total. The van der Waals surface area contributed by atoms with Crippen molar-refractivity contribution >= 4 is 11.3 Å². The summed E-state index contributed by atoms with van der Waals surface area (Å²) in [7, 11) is 0. The van der Waals surface area contributed by atoms with E-state index in [0.29, 0.717) is 6.04 Å². The molecular formula is C12H19N3S. The maximum atomic E-state index is 4.31.